The van der Waals surface area contributed by atoms with Gasteiger partial charge >= 0.3 is 0 Å². The molecule has 3 N–H and O–H groups in total. The molecule has 0 bridgehead atoms. The molecule has 15 nitrogen and oxygen atoms in total. The van der Waals surface area contributed by atoms with E-state index in [1.54, 1.807) is 72.7 Å². The highest BCUT2D eigenvalue weighted by Crippen LogP contribution is 2.42. The molecule has 4 aromatic carbocycles. The Morgan fingerprint density at radius 3 is 1.60 bits per heavy atom. The monoisotopic (exact) mass is 880 g/mol. The van der Waals surface area contributed by atoms with Crippen molar-refractivity contribution in [2.24, 2.45) is 33.5 Å². The van der Waals surface area contributed by atoms with Crippen molar-refractivity contribution in [3.63, 3.8) is 0 Å². The molecule has 4 atom stereocenters. The summed E-state index contributed by atoms with van der Waals surface area (Å²) >= 11 is 0. The molecule has 0 aromatic heterocycles. The zero-order valence-electron chi connectivity index (χ0n) is 37.2. The number of anilines is 1. The Balaban J connectivity index is 0.875. The van der Waals surface area contributed by atoms with E-state index >= 15 is 0 Å². The van der Waals surface area contributed by atoms with Gasteiger partial charge in [-0.05, 0) is 64.6 Å². The number of nitrogens with two attached hydrogens (primary N) is 1. The van der Waals surface area contributed by atoms with E-state index in [1.165, 1.54) is 14.2 Å². The van der Waals surface area contributed by atoms with Crippen molar-refractivity contribution < 1.29 is 42.9 Å². The molecule has 8 rings (SSSR count). The molecule has 336 valence electrons. The molecular formula is C50H52N6O9. The maximum atomic E-state index is 14.0. The van der Waals surface area contributed by atoms with Gasteiger partial charge in [0.2, 0.25) is 11.8 Å². The number of benzene rings is 4. The summed E-state index contributed by atoms with van der Waals surface area (Å²) in [5.74, 6) is 0.0346. The number of carbonyl (C=O) groups is 4. The Hall–Kier alpha value is -7.42. The van der Waals surface area contributed by atoms with E-state index in [0.717, 1.165) is 28.0 Å². The molecule has 4 aromatic rings. The minimum atomic E-state index is -0.591. The summed E-state index contributed by atoms with van der Waals surface area (Å²) in [4.78, 5) is 65.5. The van der Waals surface area contributed by atoms with E-state index in [9.17, 15) is 19.2 Å². The van der Waals surface area contributed by atoms with E-state index in [4.69, 9.17) is 39.4 Å². The minimum absolute atomic E-state index is 0.0741. The molecule has 0 saturated carbocycles. The highest BCUT2D eigenvalue weighted by atomic mass is 16.5. The highest BCUT2D eigenvalue weighted by molar-refractivity contribution is 6.06. The molecule has 0 spiro atoms. The second-order valence-electron chi connectivity index (χ2n) is 16.7. The molecule has 0 fully saturated rings. The van der Waals surface area contributed by atoms with Gasteiger partial charge in [0.1, 0.15) is 5.75 Å². The van der Waals surface area contributed by atoms with Crippen LogP contribution in [0.25, 0.3) is 11.1 Å². The lowest BCUT2D eigenvalue weighted by molar-refractivity contribution is -0.131. The number of methoxy groups -OCH3 is 3. The van der Waals surface area contributed by atoms with Gasteiger partial charge in [-0.15, -0.1) is 0 Å². The third kappa shape index (κ3) is 9.04. The number of ether oxygens (including phenoxy) is 5. The van der Waals surface area contributed by atoms with Gasteiger partial charge in [0, 0.05) is 67.8 Å². The van der Waals surface area contributed by atoms with Crippen molar-refractivity contribution in [3.05, 3.63) is 107 Å². The van der Waals surface area contributed by atoms with Crippen LogP contribution >= 0.6 is 0 Å². The molecule has 1 unspecified atom stereocenters. The van der Waals surface area contributed by atoms with Crippen LogP contribution in [0.1, 0.15) is 71.9 Å². The Morgan fingerprint density at radius 2 is 1.17 bits per heavy atom. The molecule has 0 aliphatic carbocycles. The Bertz CT molecular complexity index is 2640. The average Bonchev–Trinajstić information content (AvgIpc) is 3.88. The first-order valence-electron chi connectivity index (χ1n) is 21.6. The highest BCUT2D eigenvalue weighted by Gasteiger charge is 2.36. The molecule has 4 aliphatic rings. The maximum Gasteiger partial charge on any atom is 0.260 e. The van der Waals surface area contributed by atoms with Gasteiger partial charge in [0.05, 0.1) is 75.0 Å². The summed E-state index contributed by atoms with van der Waals surface area (Å²) in [5.41, 5.74) is 11.8. The minimum Gasteiger partial charge on any atom is -0.497 e. The van der Waals surface area contributed by atoms with Crippen molar-refractivity contribution in [2.45, 2.75) is 52.1 Å². The van der Waals surface area contributed by atoms with Crippen molar-refractivity contribution >= 4 is 64.3 Å². The standard InChI is InChI=1S/C50H52N6O9/c1-28(2)46(47(51)57)29(3)48(58)54-34-12-8-30(9-13-34)32-18-35-24-52-40-22-44(42(62-5)20-38(40)49(59)55(35)26-32)64-16-7-17-65-45-23-41-39(21-43(45)63-6)50(60)56-27-33(19-36(56)25-53-41)31-10-14-37(61-4)15-11-31/h8-15,20-29,35-36,46H,7,16-19H2,1-6H3,(H2,51,57)(H,54,58)/t29-,35-,36-,46?/m0/s1. The Morgan fingerprint density at radius 1 is 0.692 bits per heavy atom. The lowest BCUT2D eigenvalue weighted by Crippen LogP contribution is -2.38. The third-order valence-electron chi connectivity index (χ3n) is 12.2. The summed E-state index contributed by atoms with van der Waals surface area (Å²) in [6, 6.07) is 21.4. The van der Waals surface area contributed by atoms with Crippen molar-refractivity contribution in [2.75, 3.05) is 39.9 Å². The summed E-state index contributed by atoms with van der Waals surface area (Å²) in [7, 11) is 4.68. The smallest absolute Gasteiger partial charge is 0.260 e. The average molecular weight is 881 g/mol. The number of aliphatic imine (C=N–C) groups is 2. The van der Waals surface area contributed by atoms with Crippen molar-refractivity contribution in [3.8, 4) is 28.7 Å². The van der Waals surface area contributed by atoms with Gasteiger partial charge in [-0.1, -0.05) is 45.0 Å². The number of fused-ring (bicyclic) bond motifs is 4. The molecule has 4 amide bonds. The first-order chi connectivity index (χ1) is 31.4. The maximum absolute atomic E-state index is 14.0. The Kier molecular flexibility index (Phi) is 12.7. The van der Waals surface area contributed by atoms with Crippen LogP contribution in [0.15, 0.2) is 95.2 Å². The predicted molar refractivity (Wildman–Crippen MR) is 248 cm³/mol. The number of primary amides is 1. The van der Waals surface area contributed by atoms with Gasteiger partial charge in [-0.2, -0.15) is 0 Å². The number of amides is 4. The summed E-state index contributed by atoms with van der Waals surface area (Å²) in [6.07, 6.45) is 8.96. The second kappa shape index (κ2) is 18.7. The number of hydrogen-bond acceptors (Lipinski definition) is 11. The number of rotatable bonds is 16. The largest absolute Gasteiger partial charge is 0.497 e. The van der Waals surface area contributed by atoms with Crippen LogP contribution in [-0.4, -0.2) is 92.5 Å². The van der Waals surface area contributed by atoms with E-state index in [2.05, 4.69) is 5.32 Å². The fraction of sp³-hybridized carbons (Fsp3) is 0.320. The zero-order valence-corrected chi connectivity index (χ0v) is 37.2. The van der Waals surface area contributed by atoms with E-state index in [-0.39, 0.29) is 48.9 Å². The molecule has 4 aliphatic heterocycles. The molecule has 15 heteroatoms. The lowest BCUT2D eigenvalue weighted by atomic mass is 9.83. The summed E-state index contributed by atoms with van der Waals surface area (Å²) in [5, 5.41) is 2.89. The number of nitrogens with one attached hydrogen (secondary N) is 1. The predicted octanol–water partition coefficient (Wildman–Crippen LogP) is 7.84. The van der Waals surface area contributed by atoms with Gasteiger partial charge in [-0.3, -0.25) is 29.2 Å². The first kappa shape index (κ1) is 44.2. The third-order valence-corrected chi connectivity index (χ3v) is 12.2. The van der Waals surface area contributed by atoms with Gasteiger partial charge in [-0.25, -0.2) is 0 Å². The van der Waals surface area contributed by atoms with E-state index in [1.807, 2.05) is 62.6 Å². The molecule has 65 heavy (non-hydrogen) atoms. The molecule has 0 saturated heterocycles. The lowest BCUT2D eigenvalue weighted by Gasteiger charge is -2.23. The van der Waals surface area contributed by atoms with E-state index < -0.39 is 17.7 Å². The topological polar surface area (TPSA) is 184 Å². The second-order valence-corrected chi connectivity index (χ2v) is 16.7. The fourth-order valence-corrected chi connectivity index (χ4v) is 8.71. The van der Waals surface area contributed by atoms with Gasteiger partial charge < -0.3 is 44.5 Å². The number of carbonyl (C=O) groups excluding carboxylic acids is 4. The first-order valence-corrected chi connectivity index (χ1v) is 21.6. The number of nitrogens with zero attached hydrogens (tertiary/aromatic N) is 4. The fourth-order valence-electron chi connectivity index (χ4n) is 8.71. The van der Waals surface area contributed by atoms with E-state index in [0.29, 0.717) is 70.4 Å². The quantitative estimate of drug-likeness (QED) is 0.106. The van der Waals surface area contributed by atoms with Crippen LogP contribution in [0.4, 0.5) is 17.1 Å². The SMILES string of the molecule is COc1ccc(C2=CN3C(=O)c4cc(OC)c(OCCCOc5cc6c(cc5OC)C(=O)N5C=C(c7ccc(NC(=O)[C@@H](C)C(C(N)=O)C(C)C)cc7)C[C@H]5C=N6)cc4N=C[C@@H]3C2)cc1. The van der Waals surface area contributed by atoms with Crippen LogP contribution in [0, 0.1) is 17.8 Å². The van der Waals surface area contributed by atoms with Crippen molar-refractivity contribution in [1.29, 1.82) is 0 Å². The van der Waals surface area contributed by atoms with Gasteiger partial charge in [0.15, 0.2) is 23.0 Å². The number of hydrogen-bond donors (Lipinski definition) is 2. The van der Waals surface area contributed by atoms with Gasteiger partial charge in [0.25, 0.3) is 11.8 Å². The normalized spacial score (nSPS) is 18.0. The Labute approximate surface area is 377 Å². The van der Waals surface area contributed by atoms with Crippen molar-refractivity contribution in [1.82, 2.24) is 9.80 Å². The molecule has 0 radical (unpaired) electrons. The van der Waals surface area contributed by atoms with Crippen LogP contribution in [-0.2, 0) is 9.59 Å². The van der Waals surface area contributed by atoms with Crippen LogP contribution in [0.2, 0.25) is 0 Å². The summed E-state index contributed by atoms with van der Waals surface area (Å²) < 4.78 is 28.9. The zero-order chi connectivity index (χ0) is 45.9. The molecule has 4 heterocycles. The summed E-state index contributed by atoms with van der Waals surface area (Å²) in [6.45, 7) is 5.99. The van der Waals surface area contributed by atoms with Crippen LogP contribution < -0.4 is 34.7 Å². The molecular weight excluding hydrogens is 829 g/mol. The van der Waals surface area contributed by atoms with Crippen LogP contribution in [0.5, 0.6) is 28.7 Å². The van der Waals surface area contributed by atoms with Crippen LogP contribution in [0.3, 0.4) is 0 Å².